The zero-order valence-corrected chi connectivity index (χ0v) is 13.6. The van der Waals surface area contributed by atoms with Crippen molar-refractivity contribution in [2.24, 2.45) is 5.92 Å². The SMILES string of the molecule is CCNC(c1c(OC)cccc1OC)C1CCS(=O)(=O)C1. The Morgan fingerprint density at radius 2 is 1.90 bits per heavy atom. The van der Waals surface area contributed by atoms with Crippen LogP contribution < -0.4 is 14.8 Å². The van der Waals surface area contributed by atoms with Crippen LogP contribution in [0.3, 0.4) is 0 Å². The number of ether oxygens (including phenoxy) is 2. The van der Waals surface area contributed by atoms with E-state index in [9.17, 15) is 8.42 Å². The average molecular weight is 313 g/mol. The van der Waals surface area contributed by atoms with Crippen LogP contribution in [0.5, 0.6) is 11.5 Å². The lowest BCUT2D eigenvalue weighted by Gasteiger charge is -2.27. The van der Waals surface area contributed by atoms with Crippen LogP contribution in [0.15, 0.2) is 18.2 Å². The van der Waals surface area contributed by atoms with E-state index in [4.69, 9.17) is 9.47 Å². The monoisotopic (exact) mass is 313 g/mol. The Bertz CT molecular complexity index is 563. The first-order valence-electron chi connectivity index (χ1n) is 7.17. The van der Waals surface area contributed by atoms with Gasteiger partial charge in [0.2, 0.25) is 0 Å². The average Bonchev–Trinajstić information content (AvgIpc) is 2.84. The highest BCUT2D eigenvalue weighted by atomic mass is 32.2. The molecule has 6 heteroatoms. The van der Waals surface area contributed by atoms with Gasteiger partial charge in [-0.2, -0.15) is 0 Å². The standard InChI is InChI=1S/C15H23NO4S/c1-4-16-15(11-8-9-21(17,18)10-11)14-12(19-2)6-5-7-13(14)20-3/h5-7,11,15-16H,4,8-10H2,1-3H3. The Labute approximate surface area is 126 Å². The third-order valence-electron chi connectivity index (χ3n) is 3.94. The van der Waals surface area contributed by atoms with Crippen molar-refractivity contribution in [2.45, 2.75) is 19.4 Å². The van der Waals surface area contributed by atoms with Gasteiger partial charge in [0, 0.05) is 6.04 Å². The number of methoxy groups -OCH3 is 2. The third-order valence-corrected chi connectivity index (χ3v) is 5.73. The van der Waals surface area contributed by atoms with Crippen LogP contribution in [0.25, 0.3) is 0 Å². The number of nitrogens with one attached hydrogen (secondary N) is 1. The van der Waals surface area contributed by atoms with E-state index in [1.165, 1.54) is 0 Å². The normalized spacial score (nSPS) is 22.0. The van der Waals surface area contributed by atoms with E-state index < -0.39 is 9.84 Å². The number of sulfone groups is 1. The molecular weight excluding hydrogens is 290 g/mol. The molecule has 0 amide bonds. The minimum Gasteiger partial charge on any atom is -0.496 e. The fourth-order valence-corrected chi connectivity index (χ4v) is 4.84. The molecule has 1 aliphatic heterocycles. The summed E-state index contributed by atoms with van der Waals surface area (Å²) in [4.78, 5) is 0. The topological polar surface area (TPSA) is 64.6 Å². The molecule has 0 radical (unpaired) electrons. The molecule has 1 heterocycles. The summed E-state index contributed by atoms with van der Waals surface area (Å²) in [5.41, 5.74) is 0.909. The van der Waals surface area contributed by atoms with E-state index in [-0.39, 0.29) is 23.5 Å². The summed E-state index contributed by atoms with van der Waals surface area (Å²) in [5.74, 6) is 1.97. The van der Waals surface area contributed by atoms with Crippen LogP contribution in [0.2, 0.25) is 0 Å². The highest BCUT2D eigenvalue weighted by Crippen LogP contribution is 2.40. The zero-order chi connectivity index (χ0) is 15.5. The largest absolute Gasteiger partial charge is 0.496 e. The molecular formula is C15H23NO4S. The second kappa shape index (κ2) is 6.66. The van der Waals surface area contributed by atoms with Crippen molar-refractivity contribution in [1.29, 1.82) is 0 Å². The quantitative estimate of drug-likeness (QED) is 0.867. The summed E-state index contributed by atoms with van der Waals surface area (Å²) in [6.07, 6.45) is 0.668. The molecule has 2 atom stereocenters. The Balaban J connectivity index is 2.43. The van der Waals surface area contributed by atoms with E-state index in [1.54, 1.807) is 14.2 Å². The van der Waals surface area contributed by atoms with Gasteiger partial charge >= 0.3 is 0 Å². The molecule has 1 aliphatic rings. The van der Waals surface area contributed by atoms with Gasteiger partial charge in [-0.05, 0) is 31.0 Å². The van der Waals surface area contributed by atoms with E-state index >= 15 is 0 Å². The predicted molar refractivity (Wildman–Crippen MR) is 82.7 cm³/mol. The molecule has 1 fully saturated rings. The summed E-state index contributed by atoms with van der Waals surface area (Å²) in [6.45, 7) is 2.76. The lowest BCUT2D eigenvalue weighted by Crippen LogP contribution is -2.29. The highest BCUT2D eigenvalue weighted by Gasteiger charge is 2.36. The molecule has 5 nitrogen and oxygen atoms in total. The summed E-state index contributed by atoms with van der Waals surface area (Å²) in [7, 11) is 0.308. The summed E-state index contributed by atoms with van der Waals surface area (Å²) < 4.78 is 34.5. The molecule has 21 heavy (non-hydrogen) atoms. The maximum Gasteiger partial charge on any atom is 0.150 e. The van der Waals surface area contributed by atoms with Gasteiger partial charge < -0.3 is 14.8 Å². The molecule has 2 unspecified atom stereocenters. The maximum absolute atomic E-state index is 11.8. The molecule has 118 valence electrons. The second-order valence-electron chi connectivity index (χ2n) is 5.27. The van der Waals surface area contributed by atoms with Crippen molar-refractivity contribution >= 4 is 9.84 Å². The number of rotatable bonds is 6. The van der Waals surface area contributed by atoms with Gasteiger partial charge in [-0.3, -0.25) is 0 Å². The van der Waals surface area contributed by atoms with Crippen LogP contribution in [-0.4, -0.2) is 40.7 Å². The van der Waals surface area contributed by atoms with E-state index in [2.05, 4.69) is 5.32 Å². The van der Waals surface area contributed by atoms with Gasteiger partial charge in [0.1, 0.15) is 11.5 Å². The van der Waals surface area contributed by atoms with Crippen LogP contribution in [0.4, 0.5) is 0 Å². The van der Waals surface area contributed by atoms with Gasteiger partial charge in [-0.25, -0.2) is 8.42 Å². The zero-order valence-electron chi connectivity index (χ0n) is 12.8. The first kappa shape index (κ1) is 16.1. The molecule has 0 spiro atoms. The van der Waals surface area contributed by atoms with Crippen molar-refractivity contribution < 1.29 is 17.9 Å². The molecule has 1 N–H and O–H groups in total. The molecule has 0 saturated carbocycles. The molecule has 0 aliphatic carbocycles. The highest BCUT2D eigenvalue weighted by molar-refractivity contribution is 7.91. The van der Waals surface area contributed by atoms with Gasteiger partial charge in [0.05, 0.1) is 31.3 Å². The summed E-state index contributed by atoms with van der Waals surface area (Å²) in [5, 5.41) is 3.40. The van der Waals surface area contributed by atoms with Crippen molar-refractivity contribution in [3.8, 4) is 11.5 Å². The van der Waals surface area contributed by atoms with E-state index in [0.29, 0.717) is 6.42 Å². The molecule has 0 aromatic heterocycles. The Kier molecular flexibility index (Phi) is 5.11. The van der Waals surface area contributed by atoms with Gasteiger partial charge in [-0.15, -0.1) is 0 Å². The smallest absolute Gasteiger partial charge is 0.150 e. The minimum absolute atomic E-state index is 0.0418. The Hall–Kier alpha value is -1.27. The van der Waals surface area contributed by atoms with Crippen molar-refractivity contribution in [3.63, 3.8) is 0 Å². The fourth-order valence-electron chi connectivity index (χ4n) is 3.00. The molecule has 1 aromatic rings. The summed E-state index contributed by atoms with van der Waals surface area (Å²) >= 11 is 0. The fraction of sp³-hybridized carbons (Fsp3) is 0.600. The molecule has 2 rings (SSSR count). The van der Waals surface area contributed by atoms with E-state index in [1.807, 2.05) is 25.1 Å². The molecule has 1 aromatic carbocycles. The number of hydrogen-bond donors (Lipinski definition) is 1. The first-order valence-corrected chi connectivity index (χ1v) is 8.99. The van der Waals surface area contributed by atoms with Gasteiger partial charge in [0.25, 0.3) is 0 Å². The lowest BCUT2D eigenvalue weighted by molar-refractivity contribution is 0.340. The third kappa shape index (κ3) is 3.49. The first-order chi connectivity index (χ1) is 10.0. The second-order valence-corrected chi connectivity index (χ2v) is 7.50. The van der Waals surface area contributed by atoms with Crippen LogP contribution in [0.1, 0.15) is 24.9 Å². The van der Waals surface area contributed by atoms with Crippen LogP contribution in [-0.2, 0) is 9.84 Å². The Morgan fingerprint density at radius 1 is 1.29 bits per heavy atom. The van der Waals surface area contributed by atoms with Crippen LogP contribution >= 0.6 is 0 Å². The Morgan fingerprint density at radius 3 is 2.33 bits per heavy atom. The molecule has 1 saturated heterocycles. The van der Waals surface area contributed by atoms with Gasteiger partial charge in [-0.1, -0.05) is 13.0 Å². The van der Waals surface area contributed by atoms with Crippen LogP contribution in [0, 0.1) is 5.92 Å². The van der Waals surface area contributed by atoms with Gasteiger partial charge in [0.15, 0.2) is 9.84 Å². The lowest BCUT2D eigenvalue weighted by atomic mass is 9.91. The minimum atomic E-state index is -2.93. The van der Waals surface area contributed by atoms with Crippen molar-refractivity contribution in [3.05, 3.63) is 23.8 Å². The number of benzene rings is 1. The number of hydrogen-bond acceptors (Lipinski definition) is 5. The van der Waals surface area contributed by atoms with Crippen molar-refractivity contribution in [2.75, 3.05) is 32.3 Å². The van der Waals surface area contributed by atoms with Crippen molar-refractivity contribution in [1.82, 2.24) is 5.32 Å². The predicted octanol–water partition coefficient (Wildman–Crippen LogP) is 1.79. The maximum atomic E-state index is 11.8. The summed E-state index contributed by atoms with van der Waals surface area (Å²) in [6, 6.07) is 5.55. The van der Waals surface area contributed by atoms with E-state index in [0.717, 1.165) is 23.6 Å². The molecule has 0 bridgehead atoms.